The van der Waals surface area contributed by atoms with Crippen LogP contribution >= 0.6 is 0 Å². The van der Waals surface area contributed by atoms with Gasteiger partial charge in [0.1, 0.15) is 11.6 Å². The highest BCUT2D eigenvalue weighted by molar-refractivity contribution is 6.00. The van der Waals surface area contributed by atoms with Gasteiger partial charge in [-0.3, -0.25) is 4.79 Å². The van der Waals surface area contributed by atoms with Crippen molar-refractivity contribution in [3.63, 3.8) is 0 Å². The molecule has 2 amide bonds. The van der Waals surface area contributed by atoms with Crippen molar-refractivity contribution < 1.29 is 14.3 Å². The van der Waals surface area contributed by atoms with E-state index in [0.29, 0.717) is 0 Å². The predicted molar refractivity (Wildman–Crippen MR) is 85.2 cm³/mol. The van der Waals surface area contributed by atoms with Crippen molar-refractivity contribution >= 4 is 12.0 Å². The lowest BCUT2D eigenvalue weighted by atomic mass is 9.91. The van der Waals surface area contributed by atoms with Gasteiger partial charge in [-0.15, -0.1) is 6.58 Å². The second kappa shape index (κ2) is 6.60. The number of hydrogen-bond donors (Lipinski definition) is 0. The highest BCUT2D eigenvalue weighted by Crippen LogP contribution is 2.41. The maximum absolute atomic E-state index is 12.4. The number of unbranched alkanes of at least 4 members (excludes halogenated alkanes) is 1. The summed E-state index contributed by atoms with van der Waals surface area (Å²) in [5.74, 6) is -0.353. The average molecular weight is 299 g/mol. The topological polar surface area (TPSA) is 46.6 Å². The van der Waals surface area contributed by atoms with Crippen LogP contribution < -0.4 is 0 Å². The van der Waals surface area contributed by atoms with Crippen molar-refractivity contribution in [2.24, 2.45) is 0 Å². The highest BCUT2D eigenvalue weighted by atomic mass is 16.6. The van der Waals surface area contributed by atoms with Crippen molar-refractivity contribution in [2.75, 3.05) is 0 Å². The van der Waals surface area contributed by atoms with Gasteiger partial charge in [-0.1, -0.05) is 42.5 Å². The number of allylic oxidation sites excluding steroid dienone is 2. The van der Waals surface area contributed by atoms with E-state index in [2.05, 4.69) is 6.58 Å². The Labute approximate surface area is 131 Å². The molecule has 0 unspecified atom stereocenters. The molecule has 2 rings (SSSR count). The Morgan fingerprint density at radius 2 is 2.00 bits per heavy atom. The van der Waals surface area contributed by atoms with Crippen LogP contribution in [-0.2, 0) is 9.53 Å². The van der Waals surface area contributed by atoms with Crippen molar-refractivity contribution in [1.82, 2.24) is 4.90 Å². The van der Waals surface area contributed by atoms with E-state index in [9.17, 15) is 9.59 Å². The molecule has 1 aliphatic rings. The third-order valence-electron chi connectivity index (χ3n) is 3.61. The van der Waals surface area contributed by atoms with Crippen LogP contribution in [0.3, 0.4) is 0 Å². The Kier molecular flexibility index (Phi) is 4.81. The zero-order valence-corrected chi connectivity index (χ0v) is 13.0. The number of carbonyl (C=O) groups excluding carboxylic acids is 2. The molecule has 0 aromatic heterocycles. The molecule has 0 N–H and O–H groups in total. The van der Waals surface area contributed by atoms with Gasteiger partial charge in [-0.25, -0.2) is 9.69 Å². The van der Waals surface area contributed by atoms with Crippen LogP contribution in [0.15, 0.2) is 55.1 Å². The maximum atomic E-state index is 12.4. The monoisotopic (exact) mass is 299 g/mol. The van der Waals surface area contributed by atoms with E-state index < -0.39 is 17.7 Å². The van der Waals surface area contributed by atoms with Gasteiger partial charge < -0.3 is 4.74 Å². The fraction of sp³-hybridized carbons (Fsp3) is 0.333. The van der Waals surface area contributed by atoms with E-state index in [4.69, 9.17) is 4.74 Å². The molecule has 1 aromatic rings. The van der Waals surface area contributed by atoms with Crippen molar-refractivity contribution in [2.45, 2.75) is 38.3 Å². The highest BCUT2D eigenvalue weighted by Gasteiger charge is 2.50. The minimum absolute atomic E-state index is 0.353. The molecule has 1 aliphatic heterocycles. The fourth-order valence-electron chi connectivity index (χ4n) is 2.63. The van der Waals surface area contributed by atoms with Crippen LogP contribution in [0.2, 0.25) is 0 Å². The van der Waals surface area contributed by atoms with E-state index in [-0.39, 0.29) is 5.91 Å². The van der Waals surface area contributed by atoms with E-state index >= 15 is 0 Å². The third kappa shape index (κ3) is 3.27. The summed E-state index contributed by atoms with van der Waals surface area (Å²) in [7, 11) is 0. The summed E-state index contributed by atoms with van der Waals surface area (Å²) < 4.78 is 5.39. The van der Waals surface area contributed by atoms with Crippen LogP contribution in [0.25, 0.3) is 0 Å². The van der Waals surface area contributed by atoms with E-state index in [1.54, 1.807) is 12.2 Å². The van der Waals surface area contributed by atoms with E-state index in [0.717, 1.165) is 18.4 Å². The Hall–Kier alpha value is -2.36. The smallest absolute Gasteiger partial charge is 0.418 e. The Balaban J connectivity index is 2.27. The van der Waals surface area contributed by atoms with Crippen LogP contribution in [-0.4, -0.2) is 22.5 Å². The standard InChI is InChI=1S/C18H21NO3/c1-4-5-6-10-13-15(20)19-16(14-11-8-7-9-12-14)18(2,3)22-17(19)21/h4,7-13,16H,1,5-6H2,2-3H3/b13-10+/t16-/m0/s1. The third-order valence-corrected chi connectivity index (χ3v) is 3.61. The molecule has 1 saturated heterocycles. The first-order chi connectivity index (χ1) is 10.5. The average Bonchev–Trinajstić information content (AvgIpc) is 2.73. The first-order valence-electron chi connectivity index (χ1n) is 7.36. The first-order valence-corrected chi connectivity index (χ1v) is 7.36. The largest absolute Gasteiger partial charge is 0.440 e. The summed E-state index contributed by atoms with van der Waals surface area (Å²) in [5.41, 5.74) is 0.120. The van der Waals surface area contributed by atoms with Gasteiger partial charge in [0.05, 0.1) is 0 Å². The van der Waals surface area contributed by atoms with Crippen LogP contribution in [0, 0.1) is 0 Å². The molecule has 4 nitrogen and oxygen atoms in total. The molecule has 0 spiro atoms. The molecule has 0 aliphatic carbocycles. The maximum Gasteiger partial charge on any atom is 0.418 e. The second-order valence-electron chi connectivity index (χ2n) is 5.76. The van der Waals surface area contributed by atoms with Gasteiger partial charge in [-0.2, -0.15) is 0 Å². The van der Waals surface area contributed by atoms with Gasteiger partial charge >= 0.3 is 6.09 Å². The summed E-state index contributed by atoms with van der Waals surface area (Å²) in [4.78, 5) is 25.7. The molecule has 1 aromatic carbocycles. The van der Waals surface area contributed by atoms with Gasteiger partial charge in [0.25, 0.3) is 5.91 Å². The quantitative estimate of drug-likeness (QED) is 0.469. The minimum atomic E-state index is -0.761. The lowest BCUT2D eigenvalue weighted by Crippen LogP contribution is -2.37. The number of carbonyl (C=O) groups is 2. The molecule has 4 heteroatoms. The Bertz CT molecular complexity index is 590. The molecular weight excluding hydrogens is 278 g/mol. The molecule has 1 heterocycles. The number of rotatable bonds is 5. The molecule has 0 saturated carbocycles. The van der Waals surface area contributed by atoms with Crippen molar-refractivity contribution in [3.05, 3.63) is 60.7 Å². The summed E-state index contributed by atoms with van der Waals surface area (Å²) in [6.07, 6.45) is 5.89. The number of ether oxygens (including phenoxy) is 1. The number of imide groups is 1. The van der Waals surface area contributed by atoms with E-state index in [1.165, 1.54) is 11.0 Å². The first kappa shape index (κ1) is 16.0. The zero-order chi connectivity index (χ0) is 16.2. The number of cyclic esters (lactones) is 1. The number of benzene rings is 1. The zero-order valence-electron chi connectivity index (χ0n) is 13.0. The van der Waals surface area contributed by atoms with Crippen molar-refractivity contribution in [3.8, 4) is 0 Å². The molecule has 116 valence electrons. The van der Waals surface area contributed by atoms with Gasteiger partial charge in [0, 0.05) is 0 Å². The number of nitrogens with zero attached hydrogens (tertiary/aromatic N) is 1. The summed E-state index contributed by atoms with van der Waals surface area (Å²) >= 11 is 0. The second-order valence-corrected chi connectivity index (χ2v) is 5.76. The number of hydrogen-bond acceptors (Lipinski definition) is 3. The molecule has 0 bridgehead atoms. The summed E-state index contributed by atoms with van der Waals surface area (Å²) in [5, 5.41) is 0. The normalized spacial score (nSPS) is 20.2. The SMILES string of the molecule is C=CCC/C=C/C(=O)N1C(=O)OC(C)(C)[C@@H]1c1ccccc1. The summed E-state index contributed by atoms with van der Waals surface area (Å²) in [6.45, 7) is 7.27. The van der Waals surface area contributed by atoms with Gasteiger partial charge in [-0.05, 0) is 38.3 Å². The Morgan fingerprint density at radius 1 is 1.32 bits per heavy atom. The summed E-state index contributed by atoms with van der Waals surface area (Å²) in [6, 6.07) is 9.03. The minimum Gasteiger partial charge on any atom is -0.440 e. The van der Waals surface area contributed by atoms with Crippen molar-refractivity contribution in [1.29, 1.82) is 0 Å². The Morgan fingerprint density at radius 3 is 2.64 bits per heavy atom. The molecule has 22 heavy (non-hydrogen) atoms. The number of amides is 2. The fourth-order valence-corrected chi connectivity index (χ4v) is 2.63. The van der Waals surface area contributed by atoms with Crippen LogP contribution in [0.5, 0.6) is 0 Å². The lowest BCUT2D eigenvalue weighted by Gasteiger charge is -2.27. The molecule has 1 fully saturated rings. The van der Waals surface area contributed by atoms with Crippen LogP contribution in [0.4, 0.5) is 4.79 Å². The molecule has 0 radical (unpaired) electrons. The van der Waals surface area contributed by atoms with Gasteiger partial charge in [0.15, 0.2) is 0 Å². The predicted octanol–water partition coefficient (Wildman–Crippen LogP) is 4.01. The molecule has 1 atom stereocenters. The van der Waals surface area contributed by atoms with Gasteiger partial charge in [0.2, 0.25) is 0 Å². The lowest BCUT2D eigenvalue weighted by molar-refractivity contribution is -0.124. The van der Waals surface area contributed by atoms with E-state index in [1.807, 2.05) is 44.2 Å². The molecular formula is C18H21NO3. The van der Waals surface area contributed by atoms with Crippen LogP contribution in [0.1, 0.15) is 38.3 Å².